The standard InChI is InChI=1S/C27H32N2O6/c1-17(2)28-13-7-12-27-20(21-25(33)34-14-8-11-26(21,3)35-27)23(31)29(22(27)24(28)32)19(16-30)15-18-9-5-4-6-10-18/h4-12,17,19-22,30H,13-16H2,1-3H3/t19-,20+,21-,22?,26+,27+/m1/s1. The number of likely N-dealkylation sites (tertiary alicyclic amines) is 1. The Morgan fingerprint density at radius 3 is 2.49 bits per heavy atom. The Hall–Kier alpha value is -2.97. The zero-order chi connectivity index (χ0) is 25.0. The first-order valence-electron chi connectivity index (χ1n) is 12.2. The highest BCUT2D eigenvalue weighted by Gasteiger charge is 2.75. The number of aliphatic hydroxyl groups excluding tert-OH is 1. The number of hydrogen-bond donors (Lipinski definition) is 1. The minimum Gasteiger partial charge on any atom is -0.461 e. The Labute approximate surface area is 205 Å². The lowest BCUT2D eigenvalue weighted by molar-refractivity contribution is -0.160. The third kappa shape index (κ3) is 3.53. The predicted octanol–water partition coefficient (Wildman–Crippen LogP) is 1.48. The molecule has 0 aliphatic carbocycles. The molecule has 0 radical (unpaired) electrons. The molecule has 186 valence electrons. The lowest BCUT2D eigenvalue weighted by Gasteiger charge is -2.40. The van der Waals surface area contributed by atoms with E-state index in [0.717, 1.165) is 5.56 Å². The van der Waals surface area contributed by atoms with Crippen LogP contribution in [0.2, 0.25) is 0 Å². The van der Waals surface area contributed by atoms with Gasteiger partial charge in [-0.3, -0.25) is 14.4 Å². The number of carbonyl (C=O) groups is 3. The number of rotatable bonds is 5. The van der Waals surface area contributed by atoms with Gasteiger partial charge in [0.1, 0.15) is 24.2 Å². The van der Waals surface area contributed by atoms with E-state index in [1.807, 2.05) is 50.3 Å². The van der Waals surface area contributed by atoms with Crippen LogP contribution < -0.4 is 0 Å². The Morgan fingerprint density at radius 1 is 1.06 bits per heavy atom. The van der Waals surface area contributed by atoms with Gasteiger partial charge in [0.05, 0.1) is 24.2 Å². The maximum Gasteiger partial charge on any atom is 0.313 e. The van der Waals surface area contributed by atoms with Crippen molar-refractivity contribution < 1.29 is 29.0 Å². The molecule has 6 atom stereocenters. The van der Waals surface area contributed by atoms with Gasteiger partial charge in [-0.2, -0.15) is 0 Å². The minimum absolute atomic E-state index is 0.104. The molecule has 2 saturated heterocycles. The fourth-order valence-electron chi connectivity index (χ4n) is 6.31. The van der Waals surface area contributed by atoms with Crippen molar-refractivity contribution in [1.82, 2.24) is 9.80 Å². The number of cyclic esters (lactones) is 1. The van der Waals surface area contributed by atoms with Crippen molar-refractivity contribution in [3.63, 3.8) is 0 Å². The van der Waals surface area contributed by atoms with Crippen LogP contribution in [0.1, 0.15) is 26.3 Å². The number of ether oxygens (including phenoxy) is 2. The first kappa shape index (κ1) is 23.8. The maximum absolute atomic E-state index is 14.2. The van der Waals surface area contributed by atoms with Gasteiger partial charge in [-0.15, -0.1) is 0 Å². The zero-order valence-corrected chi connectivity index (χ0v) is 20.3. The van der Waals surface area contributed by atoms with Crippen LogP contribution in [-0.4, -0.2) is 81.8 Å². The van der Waals surface area contributed by atoms with E-state index in [1.165, 1.54) is 4.90 Å². The smallest absolute Gasteiger partial charge is 0.313 e. The van der Waals surface area contributed by atoms with Crippen molar-refractivity contribution in [2.24, 2.45) is 11.8 Å². The summed E-state index contributed by atoms with van der Waals surface area (Å²) in [5.41, 5.74) is -1.50. The first-order valence-corrected chi connectivity index (χ1v) is 12.2. The molecule has 2 fully saturated rings. The lowest BCUT2D eigenvalue weighted by Crippen LogP contribution is -2.59. The van der Waals surface area contributed by atoms with E-state index in [2.05, 4.69) is 0 Å². The summed E-state index contributed by atoms with van der Waals surface area (Å²) in [6, 6.07) is 7.78. The second kappa shape index (κ2) is 8.60. The van der Waals surface area contributed by atoms with Crippen LogP contribution >= 0.6 is 0 Å². The number of esters is 1. The number of benzene rings is 1. The van der Waals surface area contributed by atoms with E-state index in [-0.39, 0.29) is 31.1 Å². The van der Waals surface area contributed by atoms with E-state index in [4.69, 9.17) is 9.47 Å². The molecule has 2 amide bonds. The molecule has 5 rings (SSSR count). The Kier molecular flexibility index (Phi) is 5.84. The molecule has 4 aliphatic rings. The topological polar surface area (TPSA) is 96.4 Å². The molecule has 4 aliphatic heterocycles. The fraction of sp³-hybridized carbons (Fsp3) is 0.519. The van der Waals surface area contributed by atoms with E-state index in [9.17, 15) is 19.5 Å². The number of aliphatic hydroxyl groups is 1. The second-order valence-electron chi connectivity index (χ2n) is 10.3. The molecule has 1 aromatic rings. The molecule has 0 bridgehead atoms. The van der Waals surface area contributed by atoms with Crippen molar-refractivity contribution >= 4 is 17.8 Å². The molecule has 1 unspecified atom stereocenters. The molecule has 1 N–H and O–H groups in total. The van der Waals surface area contributed by atoms with Crippen molar-refractivity contribution in [2.75, 3.05) is 19.8 Å². The molecule has 1 spiro atoms. The van der Waals surface area contributed by atoms with Crippen LogP contribution in [0.3, 0.4) is 0 Å². The van der Waals surface area contributed by atoms with Crippen molar-refractivity contribution in [2.45, 2.75) is 56.5 Å². The van der Waals surface area contributed by atoms with Gasteiger partial charge in [0, 0.05) is 12.6 Å². The fourth-order valence-corrected chi connectivity index (χ4v) is 6.31. The van der Waals surface area contributed by atoms with Gasteiger partial charge >= 0.3 is 5.97 Å². The largest absolute Gasteiger partial charge is 0.461 e. The molecule has 35 heavy (non-hydrogen) atoms. The third-order valence-electron chi connectivity index (χ3n) is 7.82. The molecule has 8 nitrogen and oxygen atoms in total. The van der Waals surface area contributed by atoms with Crippen LogP contribution in [0.5, 0.6) is 0 Å². The van der Waals surface area contributed by atoms with E-state index in [1.54, 1.807) is 30.1 Å². The average Bonchev–Trinajstić information content (AvgIpc) is 3.09. The van der Waals surface area contributed by atoms with Crippen molar-refractivity contribution in [1.29, 1.82) is 0 Å². The molecule has 8 heteroatoms. The van der Waals surface area contributed by atoms with Crippen LogP contribution in [0.15, 0.2) is 54.6 Å². The van der Waals surface area contributed by atoms with Crippen LogP contribution in [0, 0.1) is 11.8 Å². The molecule has 0 aromatic heterocycles. The van der Waals surface area contributed by atoms with E-state index < -0.39 is 41.1 Å². The number of fused-ring (bicyclic) bond motifs is 2. The van der Waals surface area contributed by atoms with Gasteiger partial charge in [0.2, 0.25) is 11.8 Å². The molecule has 4 heterocycles. The van der Waals surface area contributed by atoms with E-state index >= 15 is 0 Å². The second-order valence-corrected chi connectivity index (χ2v) is 10.3. The zero-order valence-electron chi connectivity index (χ0n) is 20.3. The van der Waals surface area contributed by atoms with Gasteiger partial charge in [-0.1, -0.05) is 48.6 Å². The van der Waals surface area contributed by atoms with Gasteiger partial charge in [-0.25, -0.2) is 0 Å². The summed E-state index contributed by atoms with van der Waals surface area (Å²) >= 11 is 0. The number of nitrogens with zero attached hydrogens (tertiary/aromatic N) is 2. The van der Waals surface area contributed by atoms with E-state index in [0.29, 0.717) is 13.0 Å². The third-order valence-corrected chi connectivity index (χ3v) is 7.82. The summed E-state index contributed by atoms with van der Waals surface area (Å²) in [4.78, 5) is 44.7. The summed E-state index contributed by atoms with van der Waals surface area (Å²) in [5.74, 6) is -2.97. The van der Waals surface area contributed by atoms with Gasteiger partial charge in [-0.05, 0) is 38.8 Å². The summed E-state index contributed by atoms with van der Waals surface area (Å²) in [6.45, 7) is 5.78. The van der Waals surface area contributed by atoms with Crippen LogP contribution in [0.25, 0.3) is 0 Å². The number of amides is 2. The molecular weight excluding hydrogens is 448 g/mol. The normalized spacial score (nSPS) is 34.9. The monoisotopic (exact) mass is 480 g/mol. The maximum atomic E-state index is 14.2. The predicted molar refractivity (Wildman–Crippen MR) is 127 cm³/mol. The highest BCUT2D eigenvalue weighted by atomic mass is 16.6. The number of hydrogen-bond acceptors (Lipinski definition) is 6. The summed E-state index contributed by atoms with van der Waals surface area (Å²) in [5, 5.41) is 10.4. The SMILES string of the molecule is CC(C)N1CC=C[C@]23O[C@@]4(C)C=CCOC(=O)[C@H]4[C@H]2C(=O)N([C@@H](CO)Cc2ccccc2)C3C1=O. The number of carbonyl (C=O) groups excluding carboxylic acids is 3. The van der Waals surface area contributed by atoms with Crippen LogP contribution in [0.4, 0.5) is 0 Å². The van der Waals surface area contributed by atoms with Gasteiger partial charge in [0.15, 0.2) is 0 Å². The minimum atomic E-state index is -1.35. The molecule has 1 aromatic carbocycles. The van der Waals surface area contributed by atoms with Crippen LogP contribution in [-0.2, 0) is 30.3 Å². The van der Waals surface area contributed by atoms with Crippen molar-refractivity contribution in [3.05, 3.63) is 60.2 Å². The Morgan fingerprint density at radius 2 is 1.80 bits per heavy atom. The Balaban J connectivity index is 1.65. The van der Waals surface area contributed by atoms with Crippen molar-refractivity contribution in [3.8, 4) is 0 Å². The molecule has 0 saturated carbocycles. The Bertz CT molecular complexity index is 1080. The first-order chi connectivity index (χ1) is 16.7. The highest BCUT2D eigenvalue weighted by molar-refractivity contribution is 5.99. The van der Waals surface area contributed by atoms with Gasteiger partial charge in [0.25, 0.3) is 0 Å². The lowest BCUT2D eigenvalue weighted by atomic mass is 9.75. The average molecular weight is 481 g/mol. The van der Waals surface area contributed by atoms with Gasteiger partial charge < -0.3 is 24.4 Å². The highest BCUT2D eigenvalue weighted by Crippen LogP contribution is 2.57. The quantitative estimate of drug-likeness (QED) is 0.507. The summed E-state index contributed by atoms with van der Waals surface area (Å²) < 4.78 is 12.1. The summed E-state index contributed by atoms with van der Waals surface area (Å²) in [6.07, 6.45) is 7.53. The molecular formula is C27H32N2O6. The summed E-state index contributed by atoms with van der Waals surface area (Å²) in [7, 11) is 0.